The van der Waals surface area contributed by atoms with Gasteiger partial charge in [0.05, 0.1) is 5.92 Å². The van der Waals surface area contributed by atoms with Gasteiger partial charge in [0.15, 0.2) is 0 Å². The molecule has 7 nitrogen and oxygen atoms in total. The molecule has 0 atom stereocenters. The zero-order valence-electron chi connectivity index (χ0n) is 12.2. The number of amides is 2. The summed E-state index contributed by atoms with van der Waals surface area (Å²) >= 11 is 0. The molecule has 0 rings (SSSR count). The maximum absolute atomic E-state index is 11.7. The molecule has 0 unspecified atom stereocenters. The van der Waals surface area contributed by atoms with Crippen LogP contribution in [-0.2, 0) is 14.3 Å². The highest BCUT2D eigenvalue weighted by atomic mass is 16.6. The number of hydrogen-bond acceptors (Lipinski definition) is 5. The quantitative estimate of drug-likeness (QED) is 0.595. The Balaban J connectivity index is 4.23. The maximum Gasteiger partial charge on any atom is 0.407 e. The molecule has 0 radical (unpaired) electrons. The van der Waals surface area contributed by atoms with Gasteiger partial charge < -0.3 is 20.1 Å². The van der Waals surface area contributed by atoms with Gasteiger partial charge in [-0.2, -0.15) is 0 Å². The SMILES string of the molecule is C=CCOC(=O)NCC(CNC(=O)OCC=C)C(=O)CC. The van der Waals surface area contributed by atoms with Gasteiger partial charge in [0, 0.05) is 19.5 Å². The zero-order chi connectivity index (χ0) is 16.1. The Morgan fingerprint density at radius 1 is 1.00 bits per heavy atom. The van der Waals surface area contributed by atoms with Crippen LogP contribution in [0.25, 0.3) is 0 Å². The summed E-state index contributed by atoms with van der Waals surface area (Å²) in [6.45, 7) is 8.86. The molecule has 2 amide bonds. The van der Waals surface area contributed by atoms with Crippen molar-refractivity contribution in [1.82, 2.24) is 10.6 Å². The number of Topliss-reactive ketones (excluding diaryl/α,β-unsaturated/α-hetero) is 1. The molecule has 0 aromatic rings. The normalized spacial score (nSPS) is 9.62. The van der Waals surface area contributed by atoms with E-state index in [4.69, 9.17) is 9.47 Å². The lowest BCUT2D eigenvalue weighted by atomic mass is 10.0. The Bertz CT molecular complexity index is 354. The fourth-order valence-corrected chi connectivity index (χ4v) is 1.37. The highest BCUT2D eigenvalue weighted by Gasteiger charge is 2.19. The van der Waals surface area contributed by atoms with Crippen molar-refractivity contribution < 1.29 is 23.9 Å². The topological polar surface area (TPSA) is 93.7 Å². The first-order chi connectivity index (χ1) is 10.0. The molecule has 0 aliphatic carbocycles. The molecule has 2 N–H and O–H groups in total. The van der Waals surface area contributed by atoms with Crippen LogP contribution in [0.5, 0.6) is 0 Å². The number of hydrogen-bond donors (Lipinski definition) is 2. The van der Waals surface area contributed by atoms with Crippen LogP contribution in [0, 0.1) is 5.92 Å². The number of carbonyl (C=O) groups excluding carboxylic acids is 3. The summed E-state index contributed by atoms with van der Waals surface area (Å²) in [5, 5.41) is 4.92. The summed E-state index contributed by atoms with van der Waals surface area (Å²) in [4.78, 5) is 34.3. The fraction of sp³-hybridized carbons (Fsp3) is 0.500. The summed E-state index contributed by atoms with van der Waals surface area (Å²) in [5.74, 6) is -0.620. The van der Waals surface area contributed by atoms with Crippen LogP contribution in [0.15, 0.2) is 25.3 Å². The minimum absolute atomic E-state index is 0.0738. The molecule has 0 spiro atoms. The molecule has 21 heavy (non-hydrogen) atoms. The van der Waals surface area contributed by atoms with Gasteiger partial charge in [-0.15, -0.1) is 0 Å². The number of alkyl carbamates (subject to hydrolysis) is 2. The minimum Gasteiger partial charge on any atom is -0.445 e. The molecule has 0 bridgehead atoms. The molecule has 0 aliphatic heterocycles. The monoisotopic (exact) mass is 298 g/mol. The van der Waals surface area contributed by atoms with E-state index in [0.29, 0.717) is 6.42 Å². The van der Waals surface area contributed by atoms with Crippen molar-refractivity contribution in [2.24, 2.45) is 5.92 Å². The van der Waals surface area contributed by atoms with E-state index in [1.165, 1.54) is 12.2 Å². The second-order valence-corrected chi connectivity index (χ2v) is 4.05. The van der Waals surface area contributed by atoms with Crippen LogP contribution >= 0.6 is 0 Å². The first-order valence-corrected chi connectivity index (χ1v) is 6.60. The molecule has 0 fully saturated rings. The first-order valence-electron chi connectivity index (χ1n) is 6.60. The molecule has 0 aliphatic rings. The third-order valence-corrected chi connectivity index (χ3v) is 2.45. The lowest BCUT2D eigenvalue weighted by Crippen LogP contribution is -2.40. The van der Waals surface area contributed by atoms with E-state index < -0.39 is 18.1 Å². The van der Waals surface area contributed by atoms with E-state index >= 15 is 0 Å². The van der Waals surface area contributed by atoms with Gasteiger partial charge in [0.25, 0.3) is 0 Å². The van der Waals surface area contributed by atoms with E-state index in [1.807, 2.05) is 0 Å². The van der Waals surface area contributed by atoms with Crippen molar-refractivity contribution >= 4 is 18.0 Å². The predicted octanol–water partition coefficient (Wildman–Crippen LogP) is 1.41. The first kappa shape index (κ1) is 18.7. The molecule has 0 saturated heterocycles. The van der Waals surface area contributed by atoms with Crippen LogP contribution in [0.1, 0.15) is 13.3 Å². The zero-order valence-corrected chi connectivity index (χ0v) is 12.2. The molecular formula is C14H22N2O5. The van der Waals surface area contributed by atoms with Crippen LogP contribution in [0.2, 0.25) is 0 Å². The van der Waals surface area contributed by atoms with Gasteiger partial charge in [-0.25, -0.2) is 9.59 Å². The lowest BCUT2D eigenvalue weighted by Gasteiger charge is -2.16. The van der Waals surface area contributed by atoms with Gasteiger partial charge in [0.2, 0.25) is 0 Å². The van der Waals surface area contributed by atoms with Crippen molar-refractivity contribution in [3.8, 4) is 0 Å². The largest absolute Gasteiger partial charge is 0.445 e. The van der Waals surface area contributed by atoms with Crippen molar-refractivity contribution in [2.75, 3.05) is 26.3 Å². The molecule has 118 valence electrons. The van der Waals surface area contributed by atoms with Gasteiger partial charge in [0.1, 0.15) is 19.0 Å². The van der Waals surface area contributed by atoms with E-state index in [-0.39, 0.29) is 32.1 Å². The molecule has 0 saturated carbocycles. The van der Waals surface area contributed by atoms with Gasteiger partial charge >= 0.3 is 12.2 Å². The van der Waals surface area contributed by atoms with Crippen LogP contribution in [-0.4, -0.2) is 44.3 Å². The third-order valence-electron chi connectivity index (χ3n) is 2.45. The Morgan fingerprint density at radius 2 is 1.43 bits per heavy atom. The van der Waals surface area contributed by atoms with Crippen LogP contribution in [0.4, 0.5) is 9.59 Å². The second kappa shape index (κ2) is 11.5. The summed E-state index contributed by atoms with van der Waals surface area (Å²) in [6.07, 6.45) is 1.89. The molecule has 7 heteroatoms. The highest BCUT2D eigenvalue weighted by Crippen LogP contribution is 2.00. The van der Waals surface area contributed by atoms with E-state index in [1.54, 1.807) is 6.92 Å². The Morgan fingerprint density at radius 3 is 1.76 bits per heavy atom. The highest BCUT2D eigenvalue weighted by molar-refractivity contribution is 5.82. The summed E-state index contributed by atoms with van der Waals surface area (Å²) in [6, 6.07) is 0. The van der Waals surface area contributed by atoms with Crippen LogP contribution in [0.3, 0.4) is 0 Å². The number of rotatable bonds is 10. The van der Waals surface area contributed by atoms with Crippen molar-refractivity contribution in [3.63, 3.8) is 0 Å². The van der Waals surface area contributed by atoms with E-state index in [9.17, 15) is 14.4 Å². The summed E-state index contributed by atoms with van der Waals surface area (Å²) in [7, 11) is 0. The Labute approximate surface area is 124 Å². The number of ether oxygens (including phenoxy) is 2. The van der Waals surface area contributed by atoms with Gasteiger partial charge in [-0.3, -0.25) is 4.79 Å². The van der Waals surface area contributed by atoms with E-state index in [0.717, 1.165) is 0 Å². The Kier molecular flexibility index (Phi) is 10.2. The average Bonchev–Trinajstić information content (AvgIpc) is 2.49. The summed E-state index contributed by atoms with van der Waals surface area (Å²) in [5.41, 5.74) is 0. The average molecular weight is 298 g/mol. The third kappa shape index (κ3) is 9.26. The molecule has 0 aromatic carbocycles. The second-order valence-electron chi connectivity index (χ2n) is 4.05. The molecule has 0 aromatic heterocycles. The number of ketones is 1. The van der Waals surface area contributed by atoms with Crippen molar-refractivity contribution in [3.05, 3.63) is 25.3 Å². The van der Waals surface area contributed by atoms with Crippen molar-refractivity contribution in [2.45, 2.75) is 13.3 Å². The summed E-state index contributed by atoms with van der Waals surface area (Å²) < 4.78 is 9.46. The Hall–Kier alpha value is -2.31. The number of nitrogens with one attached hydrogen (secondary N) is 2. The standard InChI is InChI=1S/C14H22N2O5/c1-4-7-20-13(18)15-9-11(12(17)6-3)10-16-14(19)21-8-5-2/h4-5,11H,1-2,6-10H2,3H3,(H,15,18)(H,16,19). The van der Waals surface area contributed by atoms with Gasteiger partial charge in [-0.05, 0) is 0 Å². The van der Waals surface area contributed by atoms with Crippen LogP contribution < -0.4 is 10.6 Å². The minimum atomic E-state index is -0.641. The maximum atomic E-state index is 11.7. The predicted molar refractivity (Wildman–Crippen MR) is 77.9 cm³/mol. The van der Waals surface area contributed by atoms with Gasteiger partial charge in [-0.1, -0.05) is 32.2 Å². The van der Waals surface area contributed by atoms with E-state index in [2.05, 4.69) is 23.8 Å². The molecular weight excluding hydrogens is 276 g/mol. The molecule has 0 heterocycles. The number of carbonyl (C=O) groups is 3. The fourth-order valence-electron chi connectivity index (χ4n) is 1.37. The smallest absolute Gasteiger partial charge is 0.407 e. The lowest BCUT2D eigenvalue weighted by molar-refractivity contribution is -0.122. The van der Waals surface area contributed by atoms with Crippen molar-refractivity contribution in [1.29, 1.82) is 0 Å².